The molecule has 0 heterocycles. The number of ether oxygens (including phenoxy) is 1. The summed E-state index contributed by atoms with van der Waals surface area (Å²) in [5.74, 6) is 0.483. The minimum Gasteiger partial charge on any atom is -0.489 e. The molecule has 3 aromatic rings. The van der Waals surface area contributed by atoms with Gasteiger partial charge in [0.15, 0.2) is 0 Å². The summed E-state index contributed by atoms with van der Waals surface area (Å²) in [7, 11) is 0. The predicted molar refractivity (Wildman–Crippen MR) is 111 cm³/mol. The van der Waals surface area contributed by atoms with Crippen molar-refractivity contribution in [1.29, 1.82) is 0 Å². The molecule has 0 radical (unpaired) electrons. The lowest BCUT2D eigenvalue weighted by Crippen LogP contribution is -2.17. The number of carbonyl (C=O) groups excluding carboxylic acids is 1. The van der Waals surface area contributed by atoms with Gasteiger partial charge in [0.1, 0.15) is 12.4 Å². The van der Waals surface area contributed by atoms with E-state index in [1.54, 1.807) is 24.4 Å². The van der Waals surface area contributed by atoms with Crippen molar-refractivity contribution in [2.45, 2.75) is 13.5 Å². The minimum atomic E-state index is -0.265. The third-order valence-electron chi connectivity index (χ3n) is 3.85. The second-order valence-corrected chi connectivity index (χ2v) is 6.97. The molecule has 0 aliphatic carbocycles. The quantitative estimate of drug-likeness (QED) is 0.443. The van der Waals surface area contributed by atoms with Crippen LogP contribution in [0.4, 0.5) is 0 Å². The highest BCUT2D eigenvalue weighted by Crippen LogP contribution is 2.15. The molecule has 136 valence electrons. The summed E-state index contributed by atoms with van der Waals surface area (Å²) >= 11 is 3.35. The number of carbonyl (C=O) groups is 1. The van der Waals surface area contributed by atoms with Crippen molar-refractivity contribution in [3.8, 4) is 5.75 Å². The highest BCUT2D eigenvalue weighted by Gasteiger charge is 2.04. The summed E-state index contributed by atoms with van der Waals surface area (Å²) < 4.78 is 6.67. The summed E-state index contributed by atoms with van der Waals surface area (Å²) in [6.07, 6.45) is 1.59. The lowest BCUT2D eigenvalue weighted by atomic mass is 10.2. The van der Waals surface area contributed by atoms with Gasteiger partial charge in [-0.05, 0) is 48.4 Å². The number of benzene rings is 3. The van der Waals surface area contributed by atoms with Crippen LogP contribution in [-0.4, -0.2) is 12.1 Å². The van der Waals surface area contributed by atoms with Gasteiger partial charge in [0.25, 0.3) is 5.91 Å². The molecular formula is C22H19BrN2O2. The van der Waals surface area contributed by atoms with E-state index >= 15 is 0 Å². The number of halogens is 1. The van der Waals surface area contributed by atoms with Gasteiger partial charge in [0.05, 0.1) is 6.21 Å². The number of nitrogens with zero attached hydrogens (tertiary/aromatic N) is 1. The Labute approximate surface area is 167 Å². The van der Waals surface area contributed by atoms with Gasteiger partial charge < -0.3 is 4.74 Å². The van der Waals surface area contributed by atoms with Crippen LogP contribution in [-0.2, 0) is 6.61 Å². The van der Waals surface area contributed by atoms with E-state index in [4.69, 9.17) is 4.74 Å². The second-order valence-electron chi connectivity index (χ2n) is 6.06. The third-order valence-corrected chi connectivity index (χ3v) is 4.34. The molecule has 0 saturated carbocycles. The fourth-order valence-corrected chi connectivity index (χ4v) is 2.79. The SMILES string of the molecule is Cc1ccc(COc2cccc(/C=N\NC(=O)c3cccc(Br)c3)c2)cc1. The van der Waals surface area contributed by atoms with Gasteiger partial charge >= 0.3 is 0 Å². The highest BCUT2D eigenvalue weighted by atomic mass is 79.9. The van der Waals surface area contributed by atoms with Crippen molar-refractivity contribution in [2.75, 3.05) is 0 Å². The van der Waals surface area contributed by atoms with Crippen molar-refractivity contribution in [3.63, 3.8) is 0 Å². The van der Waals surface area contributed by atoms with Crippen LogP contribution in [0.5, 0.6) is 5.75 Å². The van der Waals surface area contributed by atoms with E-state index in [1.807, 2.05) is 30.3 Å². The number of hydrogen-bond donors (Lipinski definition) is 1. The molecule has 0 unspecified atom stereocenters. The molecule has 0 bridgehead atoms. The van der Waals surface area contributed by atoms with Crippen LogP contribution in [0.1, 0.15) is 27.0 Å². The molecule has 0 spiro atoms. The van der Waals surface area contributed by atoms with Gasteiger partial charge in [0.2, 0.25) is 0 Å². The molecule has 1 amide bonds. The molecule has 0 aliphatic heterocycles. The van der Waals surface area contributed by atoms with E-state index in [0.29, 0.717) is 12.2 Å². The first-order chi connectivity index (χ1) is 13.1. The Morgan fingerprint density at radius 2 is 1.85 bits per heavy atom. The van der Waals surface area contributed by atoms with Crippen molar-refractivity contribution in [1.82, 2.24) is 5.43 Å². The van der Waals surface area contributed by atoms with E-state index in [9.17, 15) is 4.79 Å². The third kappa shape index (κ3) is 5.79. The largest absolute Gasteiger partial charge is 0.489 e. The highest BCUT2D eigenvalue weighted by molar-refractivity contribution is 9.10. The Morgan fingerprint density at radius 1 is 1.07 bits per heavy atom. The van der Waals surface area contributed by atoms with Crippen LogP contribution in [0.2, 0.25) is 0 Å². The van der Waals surface area contributed by atoms with E-state index in [1.165, 1.54) is 5.56 Å². The topological polar surface area (TPSA) is 50.7 Å². The number of aryl methyl sites for hydroxylation is 1. The number of hydrazone groups is 1. The van der Waals surface area contributed by atoms with Gasteiger partial charge in [-0.15, -0.1) is 0 Å². The molecule has 3 aromatic carbocycles. The van der Waals surface area contributed by atoms with Crippen LogP contribution in [0.3, 0.4) is 0 Å². The Morgan fingerprint density at radius 3 is 2.63 bits per heavy atom. The molecule has 0 fully saturated rings. The van der Waals surface area contributed by atoms with E-state index in [0.717, 1.165) is 21.3 Å². The molecule has 3 rings (SSSR count). The average molecular weight is 423 g/mol. The van der Waals surface area contributed by atoms with Gasteiger partial charge in [0, 0.05) is 10.0 Å². The van der Waals surface area contributed by atoms with Crippen LogP contribution >= 0.6 is 15.9 Å². The van der Waals surface area contributed by atoms with Gasteiger partial charge in [-0.2, -0.15) is 5.10 Å². The van der Waals surface area contributed by atoms with Crippen LogP contribution in [0, 0.1) is 6.92 Å². The van der Waals surface area contributed by atoms with E-state index in [2.05, 4.69) is 57.6 Å². The number of rotatable bonds is 6. The predicted octanol–water partition coefficient (Wildman–Crippen LogP) is 5.10. The molecule has 4 nitrogen and oxygen atoms in total. The maximum Gasteiger partial charge on any atom is 0.271 e. The number of hydrogen-bond acceptors (Lipinski definition) is 3. The maximum absolute atomic E-state index is 12.1. The lowest BCUT2D eigenvalue weighted by molar-refractivity contribution is 0.0955. The normalized spacial score (nSPS) is 10.7. The first-order valence-corrected chi connectivity index (χ1v) is 9.27. The van der Waals surface area contributed by atoms with Crippen molar-refractivity contribution in [3.05, 3.63) is 99.5 Å². The smallest absolute Gasteiger partial charge is 0.271 e. The zero-order valence-electron chi connectivity index (χ0n) is 14.9. The lowest BCUT2D eigenvalue weighted by Gasteiger charge is -2.07. The minimum absolute atomic E-state index is 0.265. The summed E-state index contributed by atoms with van der Waals surface area (Å²) in [6.45, 7) is 2.56. The molecular weight excluding hydrogens is 404 g/mol. The first-order valence-electron chi connectivity index (χ1n) is 8.47. The molecule has 1 N–H and O–H groups in total. The van der Waals surface area contributed by atoms with Gasteiger partial charge in [-0.3, -0.25) is 4.79 Å². The Kier molecular flexibility index (Phi) is 6.39. The Balaban J connectivity index is 1.57. The summed E-state index contributed by atoms with van der Waals surface area (Å²) in [5.41, 5.74) is 6.24. The van der Waals surface area contributed by atoms with Gasteiger partial charge in [-0.1, -0.05) is 64.0 Å². The van der Waals surface area contributed by atoms with Crippen molar-refractivity contribution >= 4 is 28.1 Å². The molecule has 27 heavy (non-hydrogen) atoms. The summed E-state index contributed by atoms with van der Waals surface area (Å²) in [4.78, 5) is 12.1. The summed E-state index contributed by atoms with van der Waals surface area (Å²) in [5, 5.41) is 4.02. The second kappa shape index (κ2) is 9.14. The van der Waals surface area contributed by atoms with E-state index < -0.39 is 0 Å². The molecule has 0 aliphatic rings. The van der Waals surface area contributed by atoms with Crippen LogP contribution in [0.25, 0.3) is 0 Å². The Hall–Kier alpha value is -2.92. The van der Waals surface area contributed by atoms with Crippen molar-refractivity contribution < 1.29 is 9.53 Å². The summed E-state index contributed by atoms with van der Waals surface area (Å²) in [6, 6.07) is 22.9. The van der Waals surface area contributed by atoms with Crippen LogP contribution < -0.4 is 10.2 Å². The standard InChI is InChI=1S/C22H19BrN2O2/c1-16-8-10-17(11-9-16)15-27-21-7-2-4-18(12-21)14-24-25-22(26)19-5-3-6-20(23)13-19/h2-14H,15H2,1H3,(H,25,26)/b24-14-. The fourth-order valence-electron chi connectivity index (χ4n) is 2.40. The number of nitrogens with one attached hydrogen (secondary N) is 1. The maximum atomic E-state index is 12.1. The zero-order valence-corrected chi connectivity index (χ0v) is 16.4. The van der Waals surface area contributed by atoms with Gasteiger partial charge in [-0.25, -0.2) is 5.43 Å². The molecule has 5 heteroatoms. The van der Waals surface area contributed by atoms with Crippen LogP contribution in [0.15, 0.2) is 82.4 Å². The molecule has 0 aromatic heterocycles. The molecule has 0 saturated heterocycles. The average Bonchev–Trinajstić information content (AvgIpc) is 2.68. The number of amides is 1. The monoisotopic (exact) mass is 422 g/mol. The fraction of sp³-hybridized carbons (Fsp3) is 0.0909. The molecule has 0 atom stereocenters. The first kappa shape index (κ1) is 18.9. The van der Waals surface area contributed by atoms with E-state index in [-0.39, 0.29) is 5.91 Å². The zero-order chi connectivity index (χ0) is 19.1. The Bertz CT molecular complexity index is 953. The van der Waals surface area contributed by atoms with Crippen molar-refractivity contribution in [2.24, 2.45) is 5.10 Å².